The van der Waals surface area contributed by atoms with Crippen molar-refractivity contribution in [2.75, 3.05) is 0 Å². The van der Waals surface area contributed by atoms with Gasteiger partial charge < -0.3 is 14.3 Å². The predicted molar refractivity (Wildman–Crippen MR) is 143 cm³/mol. The van der Waals surface area contributed by atoms with Gasteiger partial charge in [0.1, 0.15) is 18.4 Å². The van der Waals surface area contributed by atoms with E-state index in [-0.39, 0.29) is 5.04 Å². The average Bonchev–Trinajstić information content (AvgIpc) is 3.29. The second kappa shape index (κ2) is 10.1. The number of hydrogen-bond donors (Lipinski definition) is 2. The number of aromatic nitrogens is 2. The Morgan fingerprint density at radius 2 is 1.75 bits per heavy atom. The van der Waals surface area contributed by atoms with Gasteiger partial charge in [0.2, 0.25) is 1.43 Å². The lowest BCUT2D eigenvalue weighted by Gasteiger charge is -2.45. The Labute approximate surface area is 213 Å². The van der Waals surface area contributed by atoms with Gasteiger partial charge in [0.25, 0.3) is 13.9 Å². The summed E-state index contributed by atoms with van der Waals surface area (Å²) < 4.78 is 22.7. The van der Waals surface area contributed by atoms with Crippen molar-refractivity contribution in [2.45, 2.75) is 63.7 Å². The fourth-order valence-corrected chi connectivity index (χ4v) is 9.79. The van der Waals surface area contributed by atoms with Gasteiger partial charge in [-0.05, 0) is 22.3 Å². The van der Waals surface area contributed by atoms with Crippen LogP contribution in [-0.2, 0) is 9.16 Å². The molecular formula is C28H34N2O5Si. The highest BCUT2D eigenvalue weighted by atomic mass is 28.4. The first kappa shape index (κ1) is 24.6. The lowest BCUT2D eigenvalue weighted by molar-refractivity contribution is -0.0657. The summed E-state index contributed by atoms with van der Waals surface area (Å²) in [6, 6.07) is 20.5. The van der Waals surface area contributed by atoms with Crippen molar-refractivity contribution in [1.29, 1.82) is 1.43 Å². The standard InChI is InChI=1S/C28H34N2O5Si/c1-6-22(31)25-23(17-24(34-25)30-18-19(2)26(32)29-27(30)33)35-36(28(3,4)5,20-13-9-7-10-14-20)21-15-11-8-12-16-21/h6-16,18,22-25,31H,1,17H2,2-5H3,(H,29,32,33)/i31D. The maximum absolute atomic E-state index is 12.7. The minimum atomic E-state index is -2.97. The lowest BCUT2D eigenvalue weighted by Crippen LogP contribution is -2.68. The Bertz CT molecular complexity index is 1300. The molecule has 1 aliphatic heterocycles. The number of aliphatic hydroxyl groups is 1. The third-order valence-electron chi connectivity index (χ3n) is 6.87. The van der Waals surface area contributed by atoms with E-state index in [0.717, 1.165) is 10.4 Å². The van der Waals surface area contributed by atoms with Gasteiger partial charge in [0.05, 0.1) is 6.10 Å². The van der Waals surface area contributed by atoms with Crippen LogP contribution in [0.25, 0.3) is 0 Å². The van der Waals surface area contributed by atoms with Crippen LogP contribution in [-0.4, -0.2) is 42.7 Å². The number of aliphatic hydroxyl groups excluding tert-OH is 1. The van der Waals surface area contributed by atoms with Crippen molar-refractivity contribution < 1.29 is 14.3 Å². The highest BCUT2D eigenvalue weighted by Crippen LogP contribution is 2.41. The molecule has 2 aromatic carbocycles. The zero-order valence-electron chi connectivity index (χ0n) is 22.1. The normalized spacial score (nSPS) is 21.7. The van der Waals surface area contributed by atoms with Crippen molar-refractivity contribution in [3.63, 3.8) is 0 Å². The molecule has 0 spiro atoms. The van der Waals surface area contributed by atoms with E-state index in [9.17, 15) is 9.59 Å². The average molecular weight is 508 g/mol. The molecule has 2 N–H and O–H groups in total. The van der Waals surface area contributed by atoms with Crippen LogP contribution in [0.2, 0.25) is 5.04 Å². The van der Waals surface area contributed by atoms with Gasteiger partial charge in [-0.1, -0.05) is 87.5 Å². The zero-order chi connectivity index (χ0) is 26.8. The third kappa shape index (κ3) is 4.69. The first-order valence-electron chi connectivity index (χ1n) is 12.5. The van der Waals surface area contributed by atoms with Crippen LogP contribution >= 0.6 is 0 Å². The summed E-state index contributed by atoms with van der Waals surface area (Å²) in [5.74, 6) is 0. The van der Waals surface area contributed by atoms with Gasteiger partial charge in [0.15, 0.2) is 0 Å². The van der Waals surface area contributed by atoms with Crippen molar-refractivity contribution >= 4 is 18.7 Å². The molecule has 7 nitrogen and oxygen atoms in total. The molecule has 0 aliphatic carbocycles. The van der Waals surface area contributed by atoms with E-state index in [2.05, 4.69) is 56.6 Å². The van der Waals surface area contributed by atoms with Crippen molar-refractivity contribution in [3.05, 3.63) is 106 Å². The smallest absolute Gasteiger partial charge is 0.330 e. The molecule has 3 aromatic rings. The predicted octanol–water partition coefficient (Wildman–Crippen LogP) is 2.62. The van der Waals surface area contributed by atoms with E-state index in [1.54, 1.807) is 6.92 Å². The highest BCUT2D eigenvalue weighted by Gasteiger charge is 2.54. The molecule has 0 bridgehead atoms. The van der Waals surface area contributed by atoms with Gasteiger partial charge in [-0.25, -0.2) is 4.79 Å². The SMILES string of the molecule is [2H]OC(C=C)C1OC(n2cc(C)c(=O)[nH]c2=O)CC1O[Si](c1ccccc1)(c1ccccc1)C(C)(C)C. The van der Waals surface area contributed by atoms with Crippen LogP contribution in [0.15, 0.2) is 89.1 Å². The third-order valence-corrected chi connectivity index (χ3v) is 11.9. The molecule has 4 atom stereocenters. The molecule has 190 valence electrons. The fraction of sp³-hybridized carbons (Fsp3) is 0.357. The Morgan fingerprint density at radius 1 is 1.17 bits per heavy atom. The number of aromatic amines is 1. The number of ether oxygens (including phenoxy) is 1. The number of hydrogen-bond acceptors (Lipinski definition) is 5. The topological polar surface area (TPSA) is 93.5 Å². The second-order valence-electron chi connectivity index (χ2n) is 10.3. The summed E-state index contributed by atoms with van der Waals surface area (Å²) in [4.78, 5) is 27.0. The van der Waals surface area contributed by atoms with Gasteiger partial charge in [-0.3, -0.25) is 14.3 Å². The number of nitrogens with one attached hydrogen (secondary N) is 1. The van der Waals surface area contributed by atoms with E-state index in [1.165, 1.54) is 16.8 Å². The molecule has 2 heterocycles. The van der Waals surface area contributed by atoms with E-state index < -0.39 is 44.1 Å². The Balaban J connectivity index is 1.86. The Hall–Kier alpha value is -3.04. The summed E-state index contributed by atoms with van der Waals surface area (Å²) in [5, 5.41) is 6.91. The monoisotopic (exact) mass is 507 g/mol. The summed E-state index contributed by atoms with van der Waals surface area (Å²) in [7, 11) is -2.97. The van der Waals surface area contributed by atoms with Gasteiger partial charge in [0, 0.05) is 18.2 Å². The number of rotatable bonds is 8. The van der Waals surface area contributed by atoms with Crippen LogP contribution in [0.1, 0.15) is 39.0 Å². The number of H-pyrrole nitrogens is 1. The van der Waals surface area contributed by atoms with Crippen molar-refractivity contribution in [3.8, 4) is 0 Å². The number of aryl methyl sites for hydroxylation is 1. The molecule has 8 heteroatoms. The van der Waals surface area contributed by atoms with Crippen LogP contribution in [0, 0.1) is 6.92 Å². The van der Waals surface area contributed by atoms with Gasteiger partial charge >= 0.3 is 5.69 Å². The Kier molecular flexibility index (Phi) is 6.94. The molecule has 4 rings (SSSR count). The summed E-state index contributed by atoms with van der Waals surface area (Å²) in [5.41, 5.74) is -0.602. The van der Waals surface area contributed by atoms with E-state index in [1.807, 2.05) is 36.4 Å². The van der Waals surface area contributed by atoms with Crippen LogP contribution in [0.3, 0.4) is 0 Å². The highest BCUT2D eigenvalue weighted by molar-refractivity contribution is 6.99. The molecule has 0 amide bonds. The minimum absolute atomic E-state index is 0.282. The maximum atomic E-state index is 12.7. The molecule has 1 aliphatic rings. The molecule has 1 fully saturated rings. The summed E-state index contributed by atoms with van der Waals surface area (Å²) in [6.07, 6.45) is 0.626. The summed E-state index contributed by atoms with van der Waals surface area (Å²) in [6.45, 7) is 12.0. The zero-order valence-corrected chi connectivity index (χ0v) is 22.1. The second-order valence-corrected chi connectivity index (χ2v) is 14.5. The van der Waals surface area contributed by atoms with Crippen molar-refractivity contribution in [1.82, 2.24) is 9.55 Å². The molecular weight excluding hydrogens is 472 g/mol. The van der Waals surface area contributed by atoms with Crippen molar-refractivity contribution in [2.24, 2.45) is 0 Å². The van der Waals surface area contributed by atoms with Crippen LogP contribution < -0.4 is 21.6 Å². The van der Waals surface area contributed by atoms with E-state index >= 15 is 0 Å². The molecule has 1 saturated heterocycles. The van der Waals surface area contributed by atoms with E-state index in [0.29, 0.717) is 12.0 Å². The summed E-state index contributed by atoms with van der Waals surface area (Å²) >= 11 is 0. The molecule has 36 heavy (non-hydrogen) atoms. The van der Waals surface area contributed by atoms with Crippen LogP contribution in [0.4, 0.5) is 0 Å². The molecule has 0 radical (unpaired) electrons. The fourth-order valence-electron chi connectivity index (χ4n) is 5.09. The molecule has 4 unspecified atom stereocenters. The quantitative estimate of drug-likeness (QED) is 0.361. The Morgan fingerprint density at radius 3 is 2.25 bits per heavy atom. The largest absolute Gasteiger partial charge is 0.402 e. The first-order chi connectivity index (χ1) is 17.6. The maximum Gasteiger partial charge on any atom is 0.330 e. The lowest BCUT2D eigenvalue weighted by atomic mass is 10.1. The molecule has 1 aromatic heterocycles. The van der Waals surface area contributed by atoms with E-state index in [4.69, 9.17) is 15.7 Å². The van der Waals surface area contributed by atoms with Gasteiger partial charge in [-0.15, -0.1) is 6.58 Å². The molecule has 0 saturated carbocycles. The first-order valence-corrected chi connectivity index (χ1v) is 14.0. The number of benzene rings is 2. The van der Waals surface area contributed by atoms with Crippen LogP contribution in [0.5, 0.6) is 0 Å². The van der Waals surface area contributed by atoms with Gasteiger partial charge in [-0.2, -0.15) is 0 Å². The number of nitrogens with zero attached hydrogens (tertiary/aromatic N) is 1. The minimum Gasteiger partial charge on any atom is -0.402 e.